The van der Waals surface area contributed by atoms with Crippen LogP contribution in [-0.2, 0) is 0 Å². The molecule has 0 aliphatic heterocycles. The van der Waals surface area contributed by atoms with E-state index in [4.69, 9.17) is 5.11 Å². The lowest BCUT2D eigenvalue weighted by molar-refractivity contribution is 0.206. The zero-order valence-electron chi connectivity index (χ0n) is 9.07. The van der Waals surface area contributed by atoms with Crippen LogP contribution in [0.5, 0.6) is 0 Å². The Morgan fingerprint density at radius 1 is 1.31 bits per heavy atom. The monoisotopic (exact) mass is 220 g/mol. The number of carbonyl (C=O) groups excluding carboxylic acids is 1. The quantitative estimate of drug-likeness (QED) is 0.721. The summed E-state index contributed by atoms with van der Waals surface area (Å²) in [5.74, 6) is 0. The van der Waals surface area contributed by atoms with Crippen LogP contribution >= 0.6 is 0 Å². The van der Waals surface area contributed by atoms with E-state index >= 15 is 0 Å². The minimum absolute atomic E-state index is 0.0476. The molecule has 4 nitrogen and oxygen atoms in total. The van der Waals surface area contributed by atoms with Crippen molar-refractivity contribution in [3.05, 3.63) is 30.3 Å². The molecule has 86 valence electrons. The number of para-hydroxylation sites is 1. The Bertz CT molecular complexity index is 361. The first-order chi connectivity index (χ1) is 7.74. The molecule has 1 saturated carbocycles. The van der Waals surface area contributed by atoms with Gasteiger partial charge in [0.25, 0.3) is 0 Å². The van der Waals surface area contributed by atoms with Crippen LogP contribution in [0.4, 0.5) is 10.5 Å². The molecule has 0 saturated heterocycles. The zero-order valence-corrected chi connectivity index (χ0v) is 9.07. The van der Waals surface area contributed by atoms with Crippen LogP contribution in [0.2, 0.25) is 0 Å². The number of carbonyl (C=O) groups is 1. The Labute approximate surface area is 94.7 Å². The molecule has 1 aromatic carbocycles. The van der Waals surface area contributed by atoms with Gasteiger partial charge in [0.15, 0.2) is 0 Å². The van der Waals surface area contributed by atoms with E-state index in [1.165, 1.54) is 0 Å². The first-order valence-electron chi connectivity index (χ1n) is 5.45. The van der Waals surface area contributed by atoms with Crippen molar-refractivity contribution in [1.82, 2.24) is 5.32 Å². The van der Waals surface area contributed by atoms with Gasteiger partial charge in [0.05, 0.1) is 6.61 Å². The maximum absolute atomic E-state index is 11.5. The summed E-state index contributed by atoms with van der Waals surface area (Å²) >= 11 is 0. The summed E-state index contributed by atoms with van der Waals surface area (Å²) in [5.41, 5.74) is 0.724. The van der Waals surface area contributed by atoms with Crippen LogP contribution in [-0.4, -0.2) is 24.3 Å². The van der Waals surface area contributed by atoms with Crippen molar-refractivity contribution in [3.63, 3.8) is 0 Å². The van der Waals surface area contributed by atoms with Crippen LogP contribution in [0.1, 0.15) is 12.8 Å². The number of benzene rings is 1. The molecular formula is C12H16N2O2. The van der Waals surface area contributed by atoms with Crippen LogP contribution in [0.15, 0.2) is 30.3 Å². The number of aliphatic hydroxyl groups excluding tert-OH is 1. The van der Waals surface area contributed by atoms with Crippen LogP contribution in [0.25, 0.3) is 0 Å². The predicted octanol–water partition coefficient (Wildman–Crippen LogP) is 1.58. The smallest absolute Gasteiger partial charge is 0.319 e. The van der Waals surface area contributed by atoms with Crippen molar-refractivity contribution in [2.45, 2.75) is 12.8 Å². The minimum Gasteiger partial charge on any atom is -0.396 e. The van der Waals surface area contributed by atoms with Gasteiger partial charge in [0, 0.05) is 17.6 Å². The molecule has 1 aliphatic rings. The van der Waals surface area contributed by atoms with E-state index in [1.54, 1.807) is 0 Å². The fourth-order valence-electron chi connectivity index (χ4n) is 1.53. The maximum atomic E-state index is 11.5. The highest BCUT2D eigenvalue weighted by atomic mass is 16.3. The van der Waals surface area contributed by atoms with Crippen LogP contribution in [0.3, 0.4) is 0 Å². The van der Waals surface area contributed by atoms with E-state index < -0.39 is 0 Å². The van der Waals surface area contributed by atoms with Gasteiger partial charge in [0.2, 0.25) is 0 Å². The van der Waals surface area contributed by atoms with E-state index in [9.17, 15) is 4.79 Å². The summed E-state index contributed by atoms with van der Waals surface area (Å²) < 4.78 is 0. The molecule has 0 bridgehead atoms. The Hall–Kier alpha value is -1.55. The average Bonchev–Trinajstić information content (AvgIpc) is 3.09. The zero-order chi connectivity index (χ0) is 11.4. The second-order valence-corrected chi connectivity index (χ2v) is 4.33. The van der Waals surface area contributed by atoms with Gasteiger partial charge in [-0.3, -0.25) is 0 Å². The molecule has 2 rings (SSSR count). The molecule has 0 atom stereocenters. The average molecular weight is 220 g/mol. The molecule has 1 fully saturated rings. The van der Waals surface area contributed by atoms with Gasteiger partial charge in [-0.05, 0) is 25.0 Å². The van der Waals surface area contributed by atoms with E-state index in [0.29, 0.717) is 6.54 Å². The molecule has 0 unspecified atom stereocenters. The van der Waals surface area contributed by atoms with Gasteiger partial charge in [-0.1, -0.05) is 18.2 Å². The van der Waals surface area contributed by atoms with Gasteiger partial charge < -0.3 is 15.7 Å². The highest BCUT2D eigenvalue weighted by Crippen LogP contribution is 2.44. The number of nitrogens with one attached hydrogen (secondary N) is 2. The third-order valence-electron chi connectivity index (χ3n) is 2.95. The number of amides is 2. The third kappa shape index (κ3) is 2.73. The number of hydrogen-bond acceptors (Lipinski definition) is 2. The van der Waals surface area contributed by atoms with Crippen molar-refractivity contribution in [2.24, 2.45) is 5.41 Å². The SMILES string of the molecule is O=C(NCC1(CO)CC1)Nc1ccccc1. The lowest BCUT2D eigenvalue weighted by Gasteiger charge is -2.13. The first-order valence-corrected chi connectivity index (χ1v) is 5.45. The fourth-order valence-corrected chi connectivity index (χ4v) is 1.53. The number of rotatable bonds is 4. The summed E-state index contributed by atoms with van der Waals surface area (Å²) in [6.45, 7) is 0.695. The normalized spacial score (nSPS) is 16.6. The van der Waals surface area contributed by atoms with E-state index in [-0.39, 0.29) is 18.1 Å². The number of aliphatic hydroxyl groups is 1. The van der Waals surface area contributed by atoms with Crippen molar-refractivity contribution in [2.75, 3.05) is 18.5 Å². The third-order valence-corrected chi connectivity index (χ3v) is 2.95. The van der Waals surface area contributed by atoms with Crippen LogP contribution in [0, 0.1) is 5.41 Å². The summed E-state index contributed by atoms with van der Waals surface area (Å²) in [7, 11) is 0. The molecule has 3 N–H and O–H groups in total. The molecule has 0 radical (unpaired) electrons. The summed E-state index contributed by atoms with van der Waals surface area (Å²) in [6, 6.07) is 9.08. The molecule has 4 heteroatoms. The van der Waals surface area contributed by atoms with Gasteiger partial charge in [-0.25, -0.2) is 4.79 Å². The Balaban J connectivity index is 1.77. The molecular weight excluding hydrogens is 204 g/mol. The van der Waals surface area contributed by atoms with Crippen LogP contribution < -0.4 is 10.6 Å². The molecule has 0 heterocycles. The minimum atomic E-state index is -0.217. The van der Waals surface area contributed by atoms with E-state index in [0.717, 1.165) is 18.5 Å². The second-order valence-electron chi connectivity index (χ2n) is 4.33. The number of urea groups is 1. The molecule has 1 aliphatic carbocycles. The lowest BCUT2D eigenvalue weighted by Crippen LogP contribution is -2.35. The standard InChI is InChI=1S/C12H16N2O2/c15-9-12(6-7-12)8-13-11(16)14-10-4-2-1-3-5-10/h1-5,15H,6-9H2,(H2,13,14,16). The predicted molar refractivity (Wildman–Crippen MR) is 62.2 cm³/mol. The summed E-state index contributed by atoms with van der Waals surface area (Å²) in [6.07, 6.45) is 1.99. The molecule has 16 heavy (non-hydrogen) atoms. The van der Waals surface area contributed by atoms with Gasteiger partial charge in [-0.2, -0.15) is 0 Å². The molecule has 1 aromatic rings. The summed E-state index contributed by atoms with van der Waals surface area (Å²) in [5, 5.41) is 14.6. The first kappa shape index (κ1) is 11.0. The number of hydrogen-bond donors (Lipinski definition) is 3. The highest BCUT2D eigenvalue weighted by molar-refractivity contribution is 5.89. The van der Waals surface area contributed by atoms with E-state index in [1.807, 2.05) is 30.3 Å². The van der Waals surface area contributed by atoms with Gasteiger partial charge in [-0.15, -0.1) is 0 Å². The second kappa shape index (κ2) is 4.53. The van der Waals surface area contributed by atoms with Gasteiger partial charge >= 0.3 is 6.03 Å². The fraction of sp³-hybridized carbons (Fsp3) is 0.417. The number of anilines is 1. The van der Waals surface area contributed by atoms with Crippen molar-refractivity contribution in [1.29, 1.82) is 0 Å². The largest absolute Gasteiger partial charge is 0.396 e. The van der Waals surface area contributed by atoms with Crippen molar-refractivity contribution < 1.29 is 9.90 Å². The topological polar surface area (TPSA) is 61.4 Å². The highest BCUT2D eigenvalue weighted by Gasteiger charge is 2.42. The Kier molecular flexibility index (Phi) is 3.10. The summed E-state index contributed by atoms with van der Waals surface area (Å²) in [4.78, 5) is 11.5. The Morgan fingerprint density at radius 3 is 2.56 bits per heavy atom. The van der Waals surface area contributed by atoms with Crippen molar-refractivity contribution in [3.8, 4) is 0 Å². The van der Waals surface area contributed by atoms with Gasteiger partial charge in [0.1, 0.15) is 0 Å². The van der Waals surface area contributed by atoms with Crippen molar-refractivity contribution >= 4 is 11.7 Å². The Morgan fingerprint density at radius 2 is 2.00 bits per heavy atom. The molecule has 2 amide bonds. The molecule has 0 spiro atoms. The molecule has 0 aromatic heterocycles. The lowest BCUT2D eigenvalue weighted by atomic mass is 10.1. The van der Waals surface area contributed by atoms with E-state index in [2.05, 4.69) is 10.6 Å². The maximum Gasteiger partial charge on any atom is 0.319 e.